The largest absolute Gasteiger partial charge is 0.573 e. The smallest absolute Gasteiger partial charge is 0.405 e. The van der Waals surface area contributed by atoms with Crippen LogP contribution in [0.3, 0.4) is 0 Å². The molecule has 0 unspecified atom stereocenters. The third kappa shape index (κ3) is 3.62. The maximum atomic E-state index is 12.0. The summed E-state index contributed by atoms with van der Waals surface area (Å²) in [5.74, 6) is -0.362. The number of halogens is 5. The van der Waals surface area contributed by atoms with Gasteiger partial charge in [0, 0.05) is 18.2 Å². The Labute approximate surface area is 100 Å². The molecule has 1 aromatic rings. The topological polar surface area (TPSA) is 48.1 Å². The van der Waals surface area contributed by atoms with Crippen molar-refractivity contribution >= 4 is 31.9 Å². The van der Waals surface area contributed by atoms with Gasteiger partial charge in [-0.05, 0) is 31.9 Å². The Morgan fingerprint density at radius 1 is 1.40 bits per heavy atom. The second kappa shape index (κ2) is 4.67. The van der Waals surface area contributed by atoms with Crippen LogP contribution in [0.25, 0.3) is 0 Å². The molecule has 1 aromatic heterocycles. The minimum atomic E-state index is -4.75. The molecule has 0 amide bonds. The van der Waals surface area contributed by atoms with E-state index in [9.17, 15) is 13.2 Å². The molecule has 1 rings (SSSR count). The first-order valence-electron chi connectivity index (χ1n) is 3.64. The van der Waals surface area contributed by atoms with Crippen LogP contribution in [-0.4, -0.2) is 11.3 Å². The van der Waals surface area contributed by atoms with Gasteiger partial charge in [0.1, 0.15) is 15.0 Å². The summed E-state index contributed by atoms with van der Waals surface area (Å²) in [6.07, 6.45) is -4.75. The highest BCUT2D eigenvalue weighted by molar-refractivity contribution is 9.11. The number of hydrogen-bond donors (Lipinski definition) is 1. The summed E-state index contributed by atoms with van der Waals surface area (Å²) in [7, 11) is 0. The number of nitrogens with two attached hydrogens (primary N) is 1. The molecule has 0 spiro atoms. The minimum absolute atomic E-state index is 0.105. The normalized spacial score (nSPS) is 11.6. The first kappa shape index (κ1) is 12.7. The van der Waals surface area contributed by atoms with Gasteiger partial charge < -0.3 is 10.5 Å². The lowest BCUT2D eigenvalue weighted by atomic mass is 10.2. The minimum Gasteiger partial charge on any atom is -0.405 e. The highest BCUT2D eigenvalue weighted by atomic mass is 79.9. The maximum absolute atomic E-state index is 12.0. The first-order chi connectivity index (χ1) is 6.83. The van der Waals surface area contributed by atoms with E-state index >= 15 is 0 Å². The molecule has 0 aliphatic carbocycles. The molecular weight excluding hydrogens is 345 g/mol. The standard InChI is InChI=1S/C7H5Br2F3N2O/c8-5-1-4(15-7(10,11)12)3(2-13)6(9)14-5/h1H,2,13H2. The van der Waals surface area contributed by atoms with Crippen molar-refractivity contribution in [2.45, 2.75) is 12.9 Å². The molecule has 3 nitrogen and oxygen atoms in total. The summed E-state index contributed by atoms with van der Waals surface area (Å²) < 4.78 is 40.3. The number of pyridine rings is 1. The van der Waals surface area contributed by atoms with Gasteiger partial charge >= 0.3 is 6.36 Å². The Morgan fingerprint density at radius 3 is 2.47 bits per heavy atom. The lowest BCUT2D eigenvalue weighted by Crippen LogP contribution is -2.19. The average molecular weight is 350 g/mol. The Bertz CT molecular complexity index is 370. The summed E-state index contributed by atoms with van der Waals surface area (Å²) in [6.45, 7) is -0.105. The molecule has 0 saturated carbocycles. The van der Waals surface area contributed by atoms with Crippen molar-refractivity contribution in [3.8, 4) is 5.75 Å². The molecule has 0 fully saturated rings. The van der Waals surface area contributed by atoms with Crippen LogP contribution in [0.15, 0.2) is 15.3 Å². The molecule has 0 atom stereocenters. The molecule has 0 aliphatic heterocycles. The van der Waals surface area contributed by atoms with Crippen LogP contribution in [0.1, 0.15) is 5.56 Å². The van der Waals surface area contributed by atoms with Crippen LogP contribution in [0, 0.1) is 0 Å². The van der Waals surface area contributed by atoms with Crippen LogP contribution >= 0.6 is 31.9 Å². The van der Waals surface area contributed by atoms with Gasteiger partial charge in [-0.25, -0.2) is 4.98 Å². The van der Waals surface area contributed by atoms with E-state index in [-0.39, 0.29) is 27.1 Å². The van der Waals surface area contributed by atoms with Crippen molar-refractivity contribution in [3.63, 3.8) is 0 Å². The Morgan fingerprint density at radius 2 is 2.00 bits per heavy atom. The molecule has 8 heteroatoms. The van der Waals surface area contributed by atoms with E-state index in [1.165, 1.54) is 0 Å². The van der Waals surface area contributed by atoms with E-state index in [1.807, 2.05) is 0 Å². The fourth-order valence-electron chi connectivity index (χ4n) is 0.891. The zero-order valence-corrected chi connectivity index (χ0v) is 10.3. The van der Waals surface area contributed by atoms with Crippen molar-refractivity contribution in [2.75, 3.05) is 0 Å². The van der Waals surface area contributed by atoms with Gasteiger partial charge in [0.2, 0.25) is 0 Å². The molecule has 0 aliphatic rings. The molecule has 0 saturated heterocycles. The molecule has 0 aromatic carbocycles. The van der Waals surface area contributed by atoms with Gasteiger partial charge in [-0.15, -0.1) is 13.2 Å². The van der Waals surface area contributed by atoms with E-state index in [2.05, 4.69) is 41.6 Å². The molecular formula is C7H5Br2F3N2O. The number of nitrogens with zero attached hydrogens (tertiary/aromatic N) is 1. The van der Waals surface area contributed by atoms with Crippen LogP contribution in [0.4, 0.5) is 13.2 Å². The number of ether oxygens (including phenoxy) is 1. The van der Waals surface area contributed by atoms with Gasteiger partial charge in [0.05, 0.1) is 0 Å². The summed E-state index contributed by atoms with van der Waals surface area (Å²) >= 11 is 5.95. The molecule has 0 radical (unpaired) electrons. The highest BCUT2D eigenvalue weighted by Crippen LogP contribution is 2.32. The molecule has 15 heavy (non-hydrogen) atoms. The first-order valence-corrected chi connectivity index (χ1v) is 5.23. The van der Waals surface area contributed by atoms with Crippen molar-refractivity contribution in [2.24, 2.45) is 5.73 Å². The van der Waals surface area contributed by atoms with Gasteiger partial charge in [-0.3, -0.25) is 0 Å². The fraction of sp³-hybridized carbons (Fsp3) is 0.286. The summed E-state index contributed by atoms with van der Waals surface area (Å²) in [4.78, 5) is 3.84. The number of hydrogen-bond acceptors (Lipinski definition) is 3. The zero-order valence-electron chi connectivity index (χ0n) is 7.11. The van der Waals surface area contributed by atoms with Crippen molar-refractivity contribution in [1.29, 1.82) is 0 Å². The number of aromatic nitrogens is 1. The van der Waals surface area contributed by atoms with Crippen LogP contribution in [-0.2, 0) is 6.54 Å². The Hall–Kier alpha value is -0.340. The van der Waals surface area contributed by atoms with Crippen molar-refractivity contribution < 1.29 is 17.9 Å². The van der Waals surface area contributed by atoms with Crippen LogP contribution < -0.4 is 10.5 Å². The van der Waals surface area contributed by atoms with Gasteiger partial charge in [-0.1, -0.05) is 0 Å². The van der Waals surface area contributed by atoms with Crippen molar-refractivity contribution in [1.82, 2.24) is 4.98 Å². The quantitative estimate of drug-likeness (QED) is 0.835. The SMILES string of the molecule is NCc1c(OC(F)(F)F)cc(Br)nc1Br. The zero-order chi connectivity index (χ0) is 11.6. The van der Waals surface area contributed by atoms with Crippen molar-refractivity contribution in [3.05, 3.63) is 20.8 Å². The van der Waals surface area contributed by atoms with E-state index < -0.39 is 6.36 Å². The lowest BCUT2D eigenvalue weighted by Gasteiger charge is -2.13. The monoisotopic (exact) mass is 348 g/mol. The van der Waals surface area contributed by atoms with Gasteiger partial charge in [0.15, 0.2) is 0 Å². The molecule has 84 valence electrons. The van der Waals surface area contributed by atoms with Gasteiger partial charge in [0.25, 0.3) is 0 Å². The lowest BCUT2D eigenvalue weighted by molar-refractivity contribution is -0.275. The van der Waals surface area contributed by atoms with Crippen LogP contribution in [0.2, 0.25) is 0 Å². The number of rotatable bonds is 2. The summed E-state index contributed by atoms with van der Waals surface area (Å²) in [5, 5.41) is 0. The van der Waals surface area contributed by atoms with E-state index in [0.717, 1.165) is 6.07 Å². The Kier molecular flexibility index (Phi) is 3.96. The maximum Gasteiger partial charge on any atom is 0.573 e. The number of alkyl halides is 3. The summed E-state index contributed by atoms with van der Waals surface area (Å²) in [6, 6.07) is 1.11. The fourth-order valence-corrected chi connectivity index (χ4v) is 2.06. The predicted octanol–water partition coefficient (Wildman–Crippen LogP) is 2.96. The second-order valence-corrected chi connectivity index (χ2v) is 4.03. The van der Waals surface area contributed by atoms with E-state index in [1.54, 1.807) is 0 Å². The third-order valence-electron chi connectivity index (χ3n) is 1.43. The average Bonchev–Trinajstić information content (AvgIpc) is 1.99. The molecule has 0 bridgehead atoms. The van der Waals surface area contributed by atoms with Crippen LogP contribution in [0.5, 0.6) is 5.75 Å². The second-order valence-electron chi connectivity index (χ2n) is 2.46. The Balaban J connectivity index is 3.15. The van der Waals surface area contributed by atoms with E-state index in [0.29, 0.717) is 0 Å². The summed E-state index contributed by atoms with van der Waals surface area (Å²) in [5.41, 5.74) is 5.45. The predicted molar refractivity (Wildman–Crippen MR) is 54.2 cm³/mol. The van der Waals surface area contributed by atoms with Gasteiger partial charge in [-0.2, -0.15) is 0 Å². The van der Waals surface area contributed by atoms with E-state index in [4.69, 9.17) is 5.73 Å². The highest BCUT2D eigenvalue weighted by Gasteiger charge is 2.32. The third-order valence-corrected chi connectivity index (χ3v) is 2.49. The molecule has 1 heterocycles. The molecule has 2 N–H and O–H groups in total.